The van der Waals surface area contributed by atoms with Crippen LogP contribution >= 0.6 is 11.6 Å². The number of benzene rings is 3. The number of nitrogens with one attached hydrogen (secondary N) is 1. The van der Waals surface area contributed by atoms with Gasteiger partial charge in [0.05, 0.1) is 18.2 Å². The summed E-state index contributed by atoms with van der Waals surface area (Å²) in [5.74, 6) is 1.56. The summed E-state index contributed by atoms with van der Waals surface area (Å²) in [6.07, 6.45) is 0. The second-order valence-corrected chi connectivity index (χ2v) is 8.97. The van der Waals surface area contributed by atoms with Gasteiger partial charge in [-0.1, -0.05) is 41.9 Å². The predicted octanol–water partition coefficient (Wildman–Crippen LogP) is 5.15. The highest BCUT2D eigenvalue weighted by Gasteiger charge is 2.21. The lowest BCUT2D eigenvalue weighted by molar-refractivity contribution is 0.0952. The molecule has 1 aliphatic rings. The number of piperazine rings is 1. The summed E-state index contributed by atoms with van der Waals surface area (Å²) >= 11 is 6.09. The average molecular weight is 487 g/mol. The van der Waals surface area contributed by atoms with Crippen LogP contribution in [0.1, 0.15) is 15.9 Å². The number of ether oxygens (including phenoxy) is 1. The van der Waals surface area contributed by atoms with E-state index in [2.05, 4.69) is 27.2 Å². The van der Waals surface area contributed by atoms with Gasteiger partial charge in [0, 0.05) is 48.8 Å². The van der Waals surface area contributed by atoms with Crippen LogP contribution in [0.5, 0.6) is 5.75 Å². The van der Waals surface area contributed by atoms with Crippen LogP contribution in [0.15, 0.2) is 78.9 Å². The lowest BCUT2D eigenvalue weighted by atomic mass is 10.1. The number of rotatable bonds is 6. The van der Waals surface area contributed by atoms with Gasteiger partial charge in [0.15, 0.2) is 0 Å². The molecule has 0 radical (unpaired) electrons. The molecule has 178 valence electrons. The van der Waals surface area contributed by atoms with E-state index >= 15 is 0 Å². The number of hydrogen-bond donors (Lipinski definition) is 1. The lowest BCUT2D eigenvalue weighted by Crippen LogP contribution is -2.46. The van der Waals surface area contributed by atoms with Crippen LogP contribution < -0.4 is 19.9 Å². The Kier molecular flexibility index (Phi) is 6.73. The average Bonchev–Trinajstić information content (AvgIpc) is 2.91. The van der Waals surface area contributed by atoms with E-state index in [1.54, 1.807) is 7.11 Å². The molecular formula is C28H27ClN4O2. The molecule has 0 atom stereocenters. The molecule has 0 bridgehead atoms. The van der Waals surface area contributed by atoms with Gasteiger partial charge in [-0.15, -0.1) is 0 Å². The molecule has 4 aromatic rings. The Labute approximate surface area is 210 Å². The van der Waals surface area contributed by atoms with Crippen molar-refractivity contribution >= 4 is 39.9 Å². The Hall–Kier alpha value is -3.77. The van der Waals surface area contributed by atoms with Crippen molar-refractivity contribution in [2.24, 2.45) is 0 Å². The molecular weight excluding hydrogens is 460 g/mol. The van der Waals surface area contributed by atoms with Gasteiger partial charge in [-0.2, -0.15) is 0 Å². The fraction of sp³-hybridized carbons (Fsp3) is 0.214. The van der Waals surface area contributed by atoms with Crippen molar-refractivity contribution in [3.8, 4) is 5.75 Å². The van der Waals surface area contributed by atoms with E-state index in [-0.39, 0.29) is 5.91 Å². The lowest BCUT2D eigenvalue weighted by Gasteiger charge is -2.37. The summed E-state index contributed by atoms with van der Waals surface area (Å²) in [4.78, 5) is 22.7. The SMILES string of the molecule is COc1ccc(N2CCN(c3cc(C(=O)NCc4cccc(Cl)c4)c4ccccc4n3)CC2)cc1. The van der Waals surface area contributed by atoms with Crippen molar-refractivity contribution in [1.29, 1.82) is 0 Å². The molecule has 3 aromatic carbocycles. The third-order valence-electron chi connectivity index (χ3n) is 6.33. The maximum Gasteiger partial charge on any atom is 0.252 e. The molecule has 1 fully saturated rings. The first kappa shape index (κ1) is 23.0. The van der Waals surface area contributed by atoms with Crippen molar-refractivity contribution in [2.45, 2.75) is 6.54 Å². The van der Waals surface area contributed by atoms with E-state index in [1.165, 1.54) is 5.69 Å². The number of hydrogen-bond acceptors (Lipinski definition) is 5. The van der Waals surface area contributed by atoms with Crippen LogP contribution in [0.4, 0.5) is 11.5 Å². The summed E-state index contributed by atoms with van der Waals surface area (Å²) < 4.78 is 5.27. The van der Waals surface area contributed by atoms with Gasteiger partial charge >= 0.3 is 0 Å². The number of carbonyl (C=O) groups is 1. The van der Waals surface area contributed by atoms with Gasteiger partial charge in [0.1, 0.15) is 11.6 Å². The number of carbonyl (C=O) groups excluding carboxylic acids is 1. The van der Waals surface area contributed by atoms with Gasteiger partial charge in [0.2, 0.25) is 0 Å². The quantitative estimate of drug-likeness (QED) is 0.408. The monoisotopic (exact) mass is 486 g/mol. The number of amides is 1. The molecule has 1 amide bonds. The second-order valence-electron chi connectivity index (χ2n) is 8.53. The van der Waals surface area contributed by atoms with E-state index in [1.807, 2.05) is 66.7 Å². The molecule has 1 aliphatic heterocycles. The predicted molar refractivity (Wildman–Crippen MR) is 142 cm³/mol. The molecule has 1 N–H and O–H groups in total. The Morgan fingerprint density at radius 3 is 2.43 bits per heavy atom. The van der Waals surface area contributed by atoms with Gasteiger partial charge in [0.25, 0.3) is 5.91 Å². The number of pyridine rings is 1. The number of aromatic nitrogens is 1. The highest BCUT2D eigenvalue weighted by molar-refractivity contribution is 6.30. The molecule has 7 heteroatoms. The number of halogens is 1. The molecule has 0 unspecified atom stereocenters. The molecule has 2 heterocycles. The topological polar surface area (TPSA) is 57.7 Å². The zero-order valence-electron chi connectivity index (χ0n) is 19.6. The number of methoxy groups -OCH3 is 1. The van der Waals surface area contributed by atoms with Crippen LogP contribution in [0.2, 0.25) is 5.02 Å². The fourth-order valence-electron chi connectivity index (χ4n) is 4.42. The van der Waals surface area contributed by atoms with Crippen molar-refractivity contribution in [3.63, 3.8) is 0 Å². The third-order valence-corrected chi connectivity index (χ3v) is 6.57. The first-order valence-corrected chi connectivity index (χ1v) is 12.0. The first-order chi connectivity index (χ1) is 17.1. The molecule has 35 heavy (non-hydrogen) atoms. The largest absolute Gasteiger partial charge is 0.497 e. The minimum atomic E-state index is -0.123. The van der Waals surface area contributed by atoms with Crippen molar-refractivity contribution in [1.82, 2.24) is 10.3 Å². The molecule has 6 nitrogen and oxygen atoms in total. The smallest absolute Gasteiger partial charge is 0.252 e. The maximum atomic E-state index is 13.2. The van der Waals surface area contributed by atoms with Crippen molar-refractivity contribution < 1.29 is 9.53 Å². The molecule has 0 spiro atoms. The number of para-hydroxylation sites is 1. The third kappa shape index (κ3) is 5.17. The number of anilines is 2. The number of nitrogens with zero attached hydrogens (tertiary/aromatic N) is 3. The minimum absolute atomic E-state index is 0.123. The van der Waals surface area contributed by atoms with Gasteiger partial charge < -0.3 is 19.9 Å². The highest BCUT2D eigenvalue weighted by atomic mass is 35.5. The molecule has 1 saturated heterocycles. The molecule has 5 rings (SSSR count). The van der Waals surface area contributed by atoms with Crippen molar-refractivity contribution in [3.05, 3.63) is 95.0 Å². The summed E-state index contributed by atoms with van der Waals surface area (Å²) in [5, 5.41) is 4.54. The summed E-state index contributed by atoms with van der Waals surface area (Å²) in [6, 6.07) is 25.4. The molecule has 0 saturated carbocycles. The van der Waals surface area contributed by atoms with Gasteiger partial charge in [-0.3, -0.25) is 4.79 Å². The standard InChI is InChI=1S/C28H27ClN4O2/c1-35-23-11-9-22(10-12-23)32-13-15-33(16-14-32)27-18-25(24-7-2-3-8-26(24)31-27)28(34)30-19-20-5-4-6-21(29)17-20/h2-12,17-18H,13-16,19H2,1H3,(H,30,34). The Bertz CT molecular complexity index is 1330. The zero-order chi connectivity index (χ0) is 24.2. The van der Waals surface area contributed by atoms with Crippen LogP contribution in [0, 0.1) is 0 Å². The van der Waals surface area contributed by atoms with Gasteiger partial charge in [-0.05, 0) is 54.1 Å². The number of fused-ring (bicyclic) bond motifs is 1. The Morgan fingerprint density at radius 2 is 1.69 bits per heavy atom. The van der Waals surface area contributed by atoms with Crippen LogP contribution in [0.3, 0.4) is 0 Å². The van der Waals surface area contributed by atoms with E-state index in [0.717, 1.165) is 54.2 Å². The normalized spacial score (nSPS) is 13.7. The summed E-state index contributed by atoms with van der Waals surface area (Å²) in [6.45, 7) is 3.79. The first-order valence-electron chi connectivity index (χ1n) is 11.7. The van der Waals surface area contributed by atoms with E-state index in [4.69, 9.17) is 21.3 Å². The highest BCUT2D eigenvalue weighted by Crippen LogP contribution is 2.26. The summed E-state index contributed by atoms with van der Waals surface area (Å²) in [7, 11) is 1.68. The van der Waals surface area contributed by atoms with Crippen LogP contribution in [0.25, 0.3) is 10.9 Å². The van der Waals surface area contributed by atoms with Crippen LogP contribution in [-0.2, 0) is 6.54 Å². The van der Waals surface area contributed by atoms with E-state index in [9.17, 15) is 4.79 Å². The second kappa shape index (κ2) is 10.2. The van der Waals surface area contributed by atoms with E-state index < -0.39 is 0 Å². The van der Waals surface area contributed by atoms with Gasteiger partial charge in [-0.25, -0.2) is 4.98 Å². The van der Waals surface area contributed by atoms with Crippen LogP contribution in [-0.4, -0.2) is 44.2 Å². The zero-order valence-corrected chi connectivity index (χ0v) is 20.3. The molecule has 1 aromatic heterocycles. The van der Waals surface area contributed by atoms with E-state index in [0.29, 0.717) is 17.1 Å². The van der Waals surface area contributed by atoms with Crippen molar-refractivity contribution in [2.75, 3.05) is 43.1 Å². The maximum absolute atomic E-state index is 13.2. The Morgan fingerprint density at radius 1 is 0.943 bits per heavy atom. The Balaban J connectivity index is 1.34. The molecule has 0 aliphatic carbocycles. The fourth-order valence-corrected chi connectivity index (χ4v) is 4.64. The summed E-state index contributed by atoms with van der Waals surface area (Å²) in [5.41, 5.74) is 3.58. The minimum Gasteiger partial charge on any atom is -0.497 e.